The largest absolute Gasteiger partial charge is 0.493 e. The Bertz CT molecular complexity index is 1580. The highest BCUT2D eigenvalue weighted by atomic mass is 35.5. The molecule has 3 aromatic rings. The van der Waals surface area contributed by atoms with Crippen molar-refractivity contribution in [2.75, 3.05) is 19.1 Å². The number of carbonyl (C=O) groups is 3. The normalized spacial score (nSPS) is 22.2. The predicted octanol–water partition coefficient (Wildman–Crippen LogP) is 6.41. The summed E-state index contributed by atoms with van der Waals surface area (Å²) in [6, 6.07) is 16.2. The van der Waals surface area contributed by atoms with Crippen LogP contribution >= 0.6 is 11.6 Å². The van der Waals surface area contributed by atoms with Gasteiger partial charge in [-0.15, -0.1) is 0 Å². The van der Waals surface area contributed by atoms with Crippen LogP contribution in [0.1, 0.15) is 58.5 Å². The lowest BCUT2D eigenvalue weighted by Crippen LogP contribution is -2.49. The van der Waals surface area contributed by atoms with Crippen LogP contribution in [-0.2, 0) is 4.79 Å². The number of Topliss-reactive ketones (excluding diaryl/α,β-unsaturated/α-hetero) is 3. The number of ketones is 3. The van der Waals surface area contributed by atoms with Gasteiger partial charge in [0.25, 0.3) is 0 Å². The minimum Gasteiger partial charge on any atom is -0.493 e. The molecule has 1 saturated heterocycles. The molecule has 6 nitrogen and oxygen atoms in total. The van der Waals surface area contributed by atoms with Crippen molar-refractivity contribution >= 4 is 40.7 Å². The highest BCUT2D eigenvalue weighted by Gasteiger charge is 2.72. The molecule has 7 heteroatoms. The van der Waals surface area contributed by atoms with Crippen LogP contribution in [0.5, 0.6) is 11.5 Å². The van der Waals surface area contributed by atoms with Crippen LogP contribution in [0.3, 0.4) is 0 Å². The number of carbonyl (C=O) groups excluding carboxylic acids is 3. The smallest absolute Gasteiger partial charge is 0.180 e. The molecule has 2 aliphatic heterocycles. The molecule has 1 fully saturated rings. The Morgan fingerprint density at radius 2 is 1.60 bits per heavy atom. The number of para-hydroxylation sites is 1. The summed E-state index contributed by atoms with van der Waals surface area (Å²) in [6.45, 7) is 5.60. The number of benzene rings is 3. The van der Waals surface area contributed by atoms with Gasteiger partial charge in [-0.1, -0.05) is 80.9 Å². The first-order valence-corrected chi connectivity index (χ1v) is 13.6. The number of hydrogen-bond donors (Lipinski definition) is 0. The Labute approximate surface area is 238 Å². The highest BCUT2D eigenvalue weighted by Crippen LogP contribution is 2.62. The molecule has 0 N–H and O–H groups in total. The standard InChI is InChI=1S/C33H30ClNO5/c1-32(2,3)31(38)27-26(22-11-8-12-24(39-4)28(22)40-5)33(29(36)20-9-6-7-10-21(20)30(33)37)25-16-13-18-17-19(34)14-15-23(18)35(25)27/h6-17,25-27H,1-5H3. The van der Waals surface area contributed by atoms with Gasteiger partial charge in [-0.05, 0) is 29.8 Å². The van der Waals surface area contributed by atoms with E-state index in [9.17, 15) is 14.4 Å². The molecule has 0 bridgehead atoms. The van der Waals surface area contributed by atoms with E-state index in [1.54, 1.807) is 42.5 Å². The van der Waals surface area contributed by atoms with E-state index in [0.717, 1.165) is 11.3 Å². The molecule has 3 atom stereocenters. The fourth-order valence-corrected chi connectivity index (χ4v) is 7.07. The third-order valence-corrected chi connectivity index (χ3v) is 8.78. The SMILES string of the molecule is COc1cccc(C2C(C(=O)C(C)(C)C)N3c4ccc(Cl)cc4C=CC3C23C(=O)c2ccccc2C3=O)c1OC. The van der Waals surface area contributed by atoms with Crippen LogP contribution < -0.4 is 14.4 Å². The van der Waals surface area contributed by atoms with E-state index < -0.39 is 28.8 Å². The molecule has 204 valence electrons. The average molecular weight is 556 g/mol. The number of anilines is 1. The van der Waals surface area contributed by atoms with Crippen LogP contribution in [-0.4, -0.2) is 43.7 Å². The van der Waals surface area contributed by atoms with Crippen molar-refractivity contribution < 1.29 is 23.9 Å². The van der Waals surface area contributed by atoms with Gasteiger partial charge in [-0.25, -0.2) is 0 Å². The predicted molar refractivity (Wildman–Crippen MR) is 155 cm³/mol. The van der Waals surface area contributed by atoms with Crippen molar-refractivity contribution in [1.82, 2.24) is 0 Å². The Balaban J connectivity index is 1.74. The van der Waals surface area contributed by atoms with Crippen LogP contribution in [0.2, 0.25) is 5.02 Å². The van der Waals surface area contributed by atoms with Crippen molar-refractivity contribution in [2.45, 2.75) is 38.8 Å². The lowest BCUT2D eigenvalue weighted by Gasteiger charge is -2.38. The van der Waals surface area contributed by atoms with Gasteiger partial charge in [-0.2, -0.15) is 0 Å². The second kappa shape index (κ2) is 9.07. The first-order chi connectivity index (χ1) is 19.1. The van der Waals surface area contributed by atoms with Crippen LogP contribution in [0, 0.1) is 10.8 Å². The summed E-state index contributed by atoms with van der Waals surface area (Å²) in [6.07, 6.45) is 3.79. The van der Waals surface area contributed by atoms with E-state index in [-0.39, 0.29) is 17.3 Å². The summed E-state index contributed by atoms with van der Waals surface area (Å²) in [5.41, 5.74) is 0.507. The Kier molecular flexibility index (Phi) is 5.97. The van der Waals surface area contributed by atoms with Crippen molar-refractivity contribution in [3.63, 3.8) is 0 Å². The summed E-state index contributed by atoms with van der Waals surface area (Å²) < 4.78 is 11.5. The molecule has 1 aliphatic carbocycles. The Morgan fingerprint density at radius 1 is 0.925 bits per heavy atom. The molecule has 40 heavy (non-hydrogen) atoms. The Morgan fingerprint density at radius 3 is 2.20 bits per heavy atom. The summed E-state index contributed by atoms with van der Waals surface area (Å²) in [5.74, 6) is -0.670. The lowest BCUT2D eigenvalue weighted by atomic mass is 9.63. The van der Waals surface area contributed by atoms with Crippen LogP contribution in [0.25, 0.3) is 6.08 Å². The monoisotopic (exact) mass is 555 g/mol. The minimum atomic E-state index is -1.61. The number of hydrogen-bond acceptors (Lipinski definition) is 6. The number of fused-ring (bicyclic) bond motifs is 5. The van der Waals surface area contributed by atoms with Gasteiger partial charge in [0.05, 0.1) is 26.3 Å². The highest BCUT2D eigenvalue weighted by molar-refractivity contribution is 6.32. The van der Waals surface area contributed by atoms with Gasteiger partial charge >= 0.3 is 0 Å². The maximum absolute atomic E-state index is 14.7. The molecule has 0 aromatic heterocycles. The van der Waals surface area contributed by atoms with Crippen LogP contribution in [0.15, 0.2) is 66.7 Å². The summed E-state index contributed by atoms with van der Waals surface area (Å²) >= 11 is 6.36. The molecule has 0 radical (unpaired) electrons. The van der Waals surface area contributed by atoms with Crippen molar-refractivity contribution in [3.8, 4) is 11.5 Å². The van der Waals surface area contributed by atoms with Crippen LogP contribution in [0.4, 0.5) is 5.69 Å². The molecule has 3 aliphatic rings. The number of ether oxygens (including phenoxy) is 2. The van der Waals surface area contributed by atoms with Gasteiger partial charge in [0.1, 0.15) is 5.41 Å². The summed E-state index contributed by atoms with van der Waals surface area (Å²) in [7, 11) is 3.07. The zero-order valence-electron chi connectivity index (χ0n) is 23.0. The zero-order chi connectivity index (χ0) is 28.6. The van der Waals surface area contributed by atoms with Crippen molar-refractivity contribution in [2.24, 2.45) is 10.8 Å². The van der Waals surface area contributed by atoms with E-state index in [4.69, 9.17) is 21.1 Å². The van der Waals surface area contributed by atoms with E-state index in [1.165, 1.54) is 14.2 Å². The fourth-order valence-electron chi connectivity index (χ4n) is 6.89. The molecule has 3 aromatic carbocycles. The second-order valence-corrected chi connectivity index (χ2v) is 12.0. The van der Waals surface area contributed by atoms with Crippen molar-refractivity contribution in [1.29, 1.82) is 0 Å². The molecule has 2 heterocycles. The first kappa shape index (κ1) is 26.3. The third kappa shape index (κ3) is 3.38. The number of rotatable bonds is 4. The summed E-state index contributed by atoms with van der Waals surface area (Å²) in [5, 5.41) is 0.556. The molecule has 1 spiro atoms. The fraction of sp³-hybridized carbons (Fsp3) is 0.303. The van der Waals surface area contributed by atoms with E-state index in [0.29, 0.717) is 33.2 Å². The zero-order valence-corrected chi connectivity index (χ0v) is 23.8. The third-order valence-electron chi connectivity index (χ3n) is 8.54. The van der Waals surface area contributed by atoms with Gasteiger partial charge in [0.15, 0.2) is 28.8 Å². The molecule has 0 amide bonds. The van der Waals surface area contributed by atoms with Gasteiger partial charge in [-0.3, -0.25) is 14.4 Å². The second-order valence-electron chi connectivity index (χ2n) is 11.6. The number of methoxy groups -OCH3 is 2. The molecule has 3 unspecified atom stereocenters. The lowest BCUT2D eigenvalue weighted by molar-refractivity contribution is -0.127. The van der Waals surface area contributed by atoms with Gasteiger partial charge < -0.3 is 14.4 Å². The first-order valence-electron chi connectivity index (χ1n) is 13.3. The Hall–Kier alpha value is -3.90. The van der Waals surface area contributed by atoms with E-state index >= 15 is 0 Å². The van der Waals surface area contributed by atoms with E-state index in [2.05, 4.69) is 0 Å². The topological polar surface area (TPSA) is 72.9 Å². The molecular weight excluding hydrogens is 526 g/mol. The number of halogens is 1. The molecule has 0 saturated carbocycles. The molecular formula is C33H30ClNO5. The van der Waals surface area contributed by atoms with E-state index in [1.807, 2.05) is 56.0 Å². The van der Waals surface area contributed by atoms with Crippen molar-refractivity contribution in [3.05, 3.63) is 94.0 Å². The number of nitrogens with zero attached hydrogens (tertiary/aromatic N) is 1. The average Bonchev–Trinajstić information content (AvgIpc) is 3.37. The molecule has 6 rings (SSSR count). The van der Waals surface area contributed by atoms with Gasteiger partial charge in [0.2, 0.25) is 0 Å². The summed E-state index contributed by atoms with van der Waals surface area (Å²) in [4.78, 5) is 46.0. The van der Waals surface area contributed by atoms with Gasteiger partial charge in [0, 0.05) is 38.7 Å². The quantitative estimate of drug-likeness (QED) is 0.347. The minimum absolute atomic E-state index is 0.0861. The maximum atomic E-state index is 14.7. The maximum Gasteiger partial charge on any atom is 0.180 e.